The molecule has 1 N–H and O–H groups in total. The van der Waals surface area contributed by atoms with Crippen LogP contribution in [0, 0.1) is 0 Å². The van der Waals surface area contributed by atoms with Crippen LogP contribution < -0.4 is 5.32 Å². The third-order valence-electron chi connectivity index (χ3n) is 2.43. The quantitative estimate of drug-likeness (QED) is 0.840. The Morgan fingerprint density at radius 2 is 1.89 bits per heavy atom. The van der Waals surface area contributed by atoms with Crippen LogP contribution in [0.5, 0.6) is 0 Å². The van der Waals surface area contributed by atoms with Crippen LogP contribution in [0.3, 0.4) is 0 Å². The molecule has 0 aliphatic carbocycles. The Kier molecular flexibility index (Phi) is 5.36. The maximum Gasteiger partial charge on any atom is 0.192 e. The van der Waals surface area contributed by atoms with Crippen LogP contribution in [0.1, 0.15) is 19.4 Å². The third-order valence-corrected chi connectivity index (χ3v) is 4.36. The van der Waals surface area contributed by atoms with Gasteiger partial charge in [0.2, 0.25) is 0 Å². The second-order valence-corrected chi connectivity index (χ2v) is 6.31. The summed E-state index contributed by atoms with van der Waals surface area (Å²) in [5, 5.41) is 4.11. The number of nitrogens with zero attached hydrogens (tertiary/aromatic N) is 2. The molecule has 1 aromatic heterocycles. The van der Waals surface area contributed by atoms with Gasteiger partial charge in [-0.15, -0.1) is 0 Å². The van der Waals surface area contributed by atoms with Crippen molar-refractivity contribution in [2.75, 3.05) is 0 Å². The molecular formula is C14H16BrN3S. The fourth-order valence-electron chi connectivity index (χ4n) is 1.43. The van der Waals surface area contributed by atoms with Crippen LogP contribution >= 0.6 is 27.7 Å². The average Bonchev–Trinajstić information content (AvgIpc) is 2.40. The van der Waals surface area contributed by atoms with Crippen LogP contribution in [0.25, 0.3) is 0 Å². The Labute approximate surface area is 126 Å². The van der Waals surface area contributed by atoms with Gasteiger partial charge in [-0.1, -0.05) is 26.0 Å². The molecule has 2 rings (SSSR count). The number of nitrogens with one attached hydrogen (secondary N) is 1. The van der Waals surface area contributed by atoms with E-state index in [9.17, 15) is 0 Å². The van der Waals surface area contributed by atoms with Crippen molar-refractivity contribution in [3.8, 4) is 0 Å². The van der Waals surface area contributed by atoms with Gasteiger partial charge in [0.15, 0.2) is 5.16 Å². The van der Waals surface area contributed by atoms with Crippen LogP contribution in [0.15, 0.2) is 51.2 Å². The lowest BCUT2D eigenvalue weighted by Gasteiger charge is -2.07. The molecule has 5 heteroatoms. The van der Waals surface area contributed by atoms with E-state index < -0.39 is 0 Å². The zero-order valence-corrected chi connectivity index (χ0v) is 13.3. The molecule has 1 heterocycles. The highest BCUT2D eigenvalue weighted by atomic mass is 79.9. The average molecular weight is 338 g/mol. The molecule has 0 amide bonds. The van der Waals surface area contributed by atoms with Gasteiger partial charge in [0.05, 0.1) is 0 Å². The van der Waals surface area contributed by atoms with Crippen LogP contribution in [-0.4, -0.2) is 16.0 Å². The maximum atomic E-state index is 4.38. The van der Waals surface area contributed by atoms with E-state index in [-0.39, 0.29) is 0 Å². The summed E-state index contributed by atoms with van der Waals surface area (Å²) in [6, 6.07) is 8.54. The van der Waals surface area contributed by atoms with Crippen molar-refractivity contribution in [1.82, 2.24) is 15.3 Å². The van der Waals surface area contributed by atoms with Crippen LogP contribution in [0.4, 0.5) is 0 Å². The standard InChI is InChI=1S/C14H16BrN3S/c1-10(2)16-7-11-8-17-14(18-9-11)19-13-6-4-3-5-12(13)15/h3-6,8-10,16H,7H2,1-2H3. The maximum absolute atomic E-state index is 4.38. The lowest BCUT2D eigenvalue weighted by Crippen LogP contribution is -2.21. The number of hydrogen-bond donors (Lipinski definition) is 1. The van der Waals surface area contributed by atoms with E-state index >= 15 is 0 Å². The summed E-state index contributed by atoms with van der Waals surface area (Å²) >= 11 is 5.08. The molecule has 1 aromatic carbocycles. The summed E-state index contributed by atoms with van der Waals surface area (Å²) in [4.78, 5) is 9.89. The van der Waals surface area contributed by atoms with Crippen LogP contribution in [0.2, 0.25) is 0 Å². The molecule has 0 saturated carbocycles. The largest absolute Gasteiger partial charge is 0.310 e. The zero-order chi connectivity index (χ0) is 13.7. The van der Waals surface area contributed by atoms with Gasteiger partial charge in [0.25, 0.3) is 0 Å². The SMILES string of the molecule is CC(C)NCc1cnc(Sc2ccccc2Br)nc1. The highest BCUT2D eigenvalue weighted by Gasteiger charge is 2.04. The van der Waals surface area contributed by atoms with E-state index in [4.69, 9.17) is 0 Å². The number of aromatic nitrogens is 2. The Morgan fingerprint density at radius 3 is 2.53 bits per heavy atom. The number of rotatable bonds is 5. The number of benzene rings is 1. The highest BCUT2D eigenvalue weighted by Crippen LogP contribution is 2.30. The molecular weight excluding hydrogens is 322 g/mol. The molecule has 0 aliphatic heterocycles. The minimum atomic E-state index is 0.467. The van der Waals surface area contributed by atoms with E-state index in [0.717, 1.165) is 26.6 Å². The molecule has 100 valence electrons. The monoisotopic (exact) mass is 337 g/mol. The normalized spacial score (nSPS) is 10.9. The first-order chi connectivity index (χ1) is 9.15. The topological polar surface area (TPSA) is 37.8 Å². The van der Waals surface area contributed by atoms with Crippen molar-refractivity contribution >= 4 is 27.7 Å². The first kappa shape index (κ1) is 14.5. The molecule has 0 radical (unpaired) electrons. The smallest absolute Gasteiger partial charge is 0.192 e. The van der Waals surface area contributed by atoms with Gasteiger partial charge in [-0.2, -0.15) is 0 Å². The predicted octanol–water partition coefficient (Wildman–Crippen LogP) is 3.89. The minimum Gasteiger partial charge on any atom is -0.310 e. The second kappa shape index (κ2) is 7.03. The first-order valence-electron chi connectivity index (χ1n) is 6.12. The second-order valence-electron chi connectivity index (χ2n) is 4.44. The van der Waals surface area contributed by atoms with Gasteiger partial charge < -0.3 is 5.32 Å². The fraction of sp³-hybridized carbons (Fsp3) is 0.286. The summed E-state index contributed by atoms with van der Waals surface area (Å²) in [6.45, 7) is 5.05. The van der Waals surface area contributed by atoms with Crippen molar-refractivity contribution < 1.29 is 0 Å². The minimum absolute atomic E-state index is 0.467. The number of hydrogen-bond acceptors (Lipinski definition) is 4. The van der Waals surface area contributed by atoms with Gasteiger partial charge in [-0.25, -0.2) is 9.97 Å². The van der Waals surface area contributed by atoms with Gasteiger partial charge in [0.1, 0.15) is 0 Å². The summed E-state index contributed by atoms with van der Waals surface area (Å²) in [5.74, 6) is 0. The highest BCUT2D eigenvalue weighted by molar-refractivity contribution is 9.10. The lowest BCUT2D eigenvalue weighted by atomic mass is 10.3. The number of halogens is 1. The van der Waals surface area contributed by atoms with E-state index in [0.29, 0.717) is 6.04 Å². The van der Waals surface area contributed by atoms with Gasteiger partial charge in [-0.3, -0.25) is 0 Å². The van der Waals surface area contributed by atoms with Crippen LogP contribution in [-0.2, 0) is 6.54 Å². The molecule has 0 aliphatic rings. The van der Waals surface area contributed by atoms with Gasteiger partial charge >= 0.3 is 0 Å². The predicted molar refractivity (Wildman–Crippen MR) is 82.3 cm³/mol. The zero-order valence-electron chi connectivity index (χ0n) is 10.9. The fourth-order valence-corrected chi connectivity index (χ4v) is 2.68. The first-order valence-corrected chi connectivity index (χ1v) is 7.73. The molecule has 0 atom stereocenters. The molecule has 3 nitrogen and oxygen atoms in total. The molecule has 0 saturated heterocycles. The van der Waals surface area contributed by atoms with Crippen molar-refractivity contribution in [3.63, 3.8) is 0 Å². The lowest BCUT2D eigenvalue weighted by molar-refractivity contribution is 0.585. The summed E-state index contributed by atoms with van der Waals surface area (Å²) in [6.07, 6.45) is 3.75. The Bertz CT molecular complexity index is 528. The van der Waals surface area contributed by atoms with E-state index in [1.54, 1.807) is 11.8 Å². The van der Waals surface area contributed by atoms with Crippen molar-refractivity contribution in [2.24, 2.45) is 0 Å². The van der Waals surface area contributed by atoms with Gasteiger partial charge in [0, 0.05) is 39.9 Å². The Hall–Kier alpha value is -0.910. The summed E-state index contributed by atoms with van der Waals surface area (Å²) in [5.41, 5.74) is 1.10. The Morgan fingerprint density at radius 1 is 1.21 bits per heavy atom. The van der Waals surface area contributed by atoms with E-state index in [2.05, 4.69) is 45.1 Å². The molecule has 0 fully saturated rings. The third kappa shape index (κ3) is 4.60. The van der Waals surface area contributed by atoms with Crippen molar-refractivity contribution in [2.45, 2.75) is 36.5 Å². The molecule has 2 aromatic rings. The van der Waals surface area contributed by atoms with E-state index in [1.165, 1.54) is 0 Å². The molecule has 0 bridgehead atoms. The van der Waals surface area contributed by atoms with E-state index in [1.807, 2.05) is 36.7 Å². The van der Waals surface area contributed by atoms with Crippen molar-refractivity contribution in [3.05, 3.63) is 46.7 Å². The molecule has 0 unspecified atom stereocenters. The Balaban J connectivity index is 2.01. The summed E-state index contributed by atoms with van der Waals surface area (Å²) < 4.78 is 1.06. The molecule has 19 heavy (non-hydrogen) atoms. The van der Waals surface area contributed by atoms with Crippen molar-refractivity contribution in [1.29, 1.82) is 0 Å². The van der Waals surface area contributed by atoms with Gasteiger partial charge in [-0.05, 0) is 39.8 Å². The molecule has 0 spiro atoms. The summed E-state index contributed by atoms with van der Waals surface area (Å²) in [7, 11) is 0.